The van der Waals surface area contributed by atoms with Gasteiger partial charge in [0.05, 0.1) is 12.5 Å². The minimum absolute atomic E-state index is 0.00676. The van der Waals surface area contributed by atoms with Crippen LogP contribution in [0, 0.1) is 30.1 Å². The van der Waals surface area contributed by atoms with E-state index in [1.165, 1.54) is 0 Å². The van der Waals surface area contributed by atoms with Crippen LogP contribution in [0.15, 0.2) is 12.2 Å². The zero-order valence-electron chi connectivity index (χ0n) is 7.94. The molecule has 2 aliphatic carbocycles. The van der Waals surface area contributed by atoms with Crippen molar-refractivity contribution in [3.05, 3.63) is 12.2 Å². The first-order chi connectivity index (χ1) is 6.74. The normalized spacial score (nSPS) is 38.3. The standard InChI is InChI=1S/C11H14N2O/c1-2-5-13-11(14)9-7-3-4-8(6-7)10(9)12/h1,3-4,7-10H,5-6,12H2,(H,13,14)/t7?,8?,9-,10+/m0/s1. The van der Waals surface area contributed by atoms with Crippen LogP contribution in [-0.4, -0.2) is 18.5 Å². The van der Waals surface area contributed by atoms with Gasteiger partial charge in [0.15, 0.2) is 0 Å². The van der Waals surface area contributed by atoms with Gasteiger partial charge in [0.25, 0.3) is 0 Å². The Bertz CT molecular complexity index is 316. The number of terminal acetylenes is 1. The van der Waals surface area contributed by atoms with Gasteiger partial charge in [-0.2, -0.15) is 0 Å². The van der Waals surface area contributed by atoms with E-state index in [4.69, 9.17) is 12.2 Å². The van der Waals surface area contributed by atoms with Crippen LogP contribution in [0.25, 0.3) is 0 Å². The molecule has 0 aromatic rings. The summed E-state index contributed by atoms with van der Waals surface area (Å²) >= 11 is 0. The van der Waals surface area contributed by atoms with E-state index < -0.39 is 0 Å². The Labute approximate surface area is 83.7 Å². The summed E-state index contributed by atoms with van der Waals surface area (Å²) in [5, 5.41) is 2.70. The van der Waals surface area contributed by atoms with Gasteiger partial charge in [-0.1, -0.05) is 18.1 Å². The van der Waals surface area contributed by atoms with Gasteiger partial charge in [0.1, 0.15) is 0 Å². The van der Waals surface area contributed by atoms with E-state index >= 15 is 0 Å². The summed E-state index contributed by atoms with van der Waals surface area (Å²) in [5.41, 5.74) is 5.97. The Balaban J connectivity index is 2.02. The van der Waals surface area contributed by atoms with Crippen LogP contribution in [0.4, 0.5) is 0 Å². The Hall–Kier alpha value is -1.27. The van der Waals surface area contributed by atoms with Crippen molar-refractivity contribution in [1.29, 1.82) is 0 Å². The third-order valence-electron chi connectivity index (χ3n) is 3.19. The van der Waals surface area contributed by atoms with Crippen molar-refractivity contribution in [3.8, 4) is 12.3 Å². The Kier molecular flexibility index (Phi) is 2.30. The van der Waals surface area contributed by atoms with Crippen molar-refractivity contribution in [3.63, 3.8) is 0 Å². The second-order valence-corrected chi connectivity index (χ2v) is 3.97. The van der Waals surface area contributed by atoms with Crippen LogP contribution in [-0.2, 0) is 4.79 Å². The Morgan fingerprint density at radius 1 is 1.57 bits per heavy atom. The van der Waals surface area contributed by atoms with Gasteiger partial charge >= 0.3 is 0 Å². The molecule has 0 spiro atoms. The van der Waals surface area contributed by atoms with E-state index in [1.807, 2.05) is 0 Å². The Morgan fingerprint density at radius 3 is 2.86 bits per heavy atom. The van der Waals surface area contributed by atoms with E-state index in [9.17, 15) is 4.79 Å². The molecule has 2 unspecified atom stereocenters. The van der Waals surface area contributed by atoms with Crippen LogP contribution in [0.3, 0.4) is 0 Å². The van der Waals surface area contributed by atoms with Gasteiger partial charge in [0.2, 0.25) is 5.91 Å². The van der Waals surface area contributed by atoms with Crippen molar-refractivity contribution >= 4 is 5.91 Å². The van der Waals surface area contributed by atoms with Crippen LogP contribution in [0.2, 0.25) is 0 Å². The molecule has 1 fully saturated rings. The lowest BCUT2D eigenvalue weighted by molar-refractivity contribution is -0.125. The van der Waals surface area contributed by atoms with Crippen LogP contribution >= 0.6 is 0 Å². The molecule has 3 nitrogen and oxygen atoms in total. The molecule has 0 saturated heterocycles. The monoisotopic (exact) mass is 190 g/mol. The summed E-state index contributed by atoms with van der Waals surface area (Å²) in [7, 11) is 0. The average Bonchev–Trinajstić information content (AvgIpc) is 2.74. The lowest BCUT2D eigenvalue weighted by Gasteiger charge is -2.23. The maximum Gasteiger partial charge on any atom is 0.226 e. The van der Waals surface area contributed by atoms with E-state index in [0.29, 0.717) is 18.4 Å². The Morgan fingerprint density at radius 2 is 2.29 bits per heavy atom. The molecule has 2 bridgehead atoms. The number of hydrogen-bond acceptors (Lipinski definition) is 2. The molecule has 2 rings (SSSR count). The predicted octanol–water partition coefficient (Wildman–Crippen LogP) is -0.115. The molecular formula is C11H14N2O. The first-order valence-corrected chi connectivity index (χ1v) is 4.89. The molecule has 0 aliphatic heterocycles. The highest BCUT2D eigenvalue weighted by molar-refractivity contribution is 5.81. The van der Waals surface area contributed by atoms with Gasteiger partial charge in [-0.15, -0.1) is 6.42 Å². The minimum atomic E-state index is -0.0710. The van der Waals surface area contributed by atoms with Crippen molar-refractivity contribution in [1.82, 2.24) is 5.32 Å². The molecule has 3 heteroatoms. The molecular weight excluding hydrogens is 176 g/mol. The highest BCUT2D eigenvalue weighted by Crippen LogP contribution is 2.42. The molecule has 74 valence electrons. The highest BCUT2D eigenvalue weighted by Gasteiger charge is 2.45. The highest BCUT2D eigenvalue weighted by atomic mass is 16.1. The zero-order valence-corrected chi connectivity index (χ0v) is 7.94. The largest absolute Gasteiger partial charge is 0.345 e. The van der Waals surface area contributed by atoms with Gasteiger partial charge in [-0.3, -0.25) is 4.79 Å². The van der Waals surface area contributed by atoms with Gasteiger partial charge in [-0.05, 0) is 18.3 Å². The minimum Gasteiger partial charge on any atom is -0.345 e. The molecule has 0 aromatic heterocycles. The first-order valence-electron chi connectivity index (χ1n) is 4.89. The molecule has 0 heterocycles. The summed E-state index contributed by atoms with van der Waals surface area (Å²) in [6.07, 6.45) is 10.3. The molecule has 2 aliphatic rings. The van der Waals surface area contributed by atoms with Crippen molar-refractivity contribution < 1.29 is 4.79 Å². The molecule has 1 amide bonds. The molecule has 4 atom stereocenters. The third-order valence-corrected chi connectivity index (χ3v) is 3.19. The molecule has 0 radical (unpaired) electrons. The predicted molar refractivity (Wildman–Crippen MR) is 54.0 cm³/mol. The second-order valence-electron chi connectivity index (χ2n) is 3.97. The summed E-state index contributed by atoms with van der Waals surface area (Å²) in [5.74, 6) is 3.04. The summed E-state index contributed by atoms with van der Waals surface area (Å²) in [4.78, 5) is 11.7. The number of allylic oxidation sites excluding steroid dienone is 1. The fourth-order valence-electron chi connectivity index (χ4n) is 2.49. The van der Waals surface area contributed by atoms with Crippen LogP contribution < -0.4 is 11.1 Å². The van der Waals surface area contributed by atoms with Gasteiger partial charge in [0, 0.05) is 6.04 Å². The number of nitrogens with one attached hydrogen (secondary N) is 1. The number of carbonyl (C=O) groups is 1. The van der Waals surface area contributed by atoms with Crippen LogP contribution in [0.1, 0.15) is 6.42 Å². The summed E-state index contributed by atoms with van der Waals surface area (Å²) in [6, 6.07) is -0.0252. The molecule has 3 N–H and O–H groups in total. The smallest absolute Gasteiger partial charge is 0.226 e. The summed E-state index contributed by atoms with van der Waals surface area (Å²) < 4.78 is 0. The fraction of sp³-hybridized carbons (Fsp3) is 0.545. The maximum atomic E-state index is 11.7. The second kappa shape index (κ2) is 3.47. The van der Waals surface area contributed by atoms with Crippen molar-refractivity contribution in [2.24, 2.45) is 23.5 Å². The maximum absolute atomic E-state index is 11.7. The quantitative estimate of drug-likeness (QED) is 0.471. The third kappa shape index (κ3) is 1.32. The number of amides is 1. The number of rotatable bonds is 2. The number of fused-ring (bicyclic) bond motifs is 2. The van der Waals surface area contributed by atoms with E-state index in [2.05, 4.69) is 23.4 Å². The summed E-state index contributed by atoms with van der Waals surface area (Å²) in [6.45, 7) is 0.295. The SMILES string of the molecule is C#CCNC(=O)[C@H]1C2C=CC(C2)[C@H]1N. The lowest BCUT2D eigenvalue weighted by atomic mass is 9.89. The zero-order chi connectivity index (χ0) is 10.1. The number of carbonyl (C=O) groups excluding carboxylic acids is 1. The van der Waals surface area contributed by atoms with Crippen LogP contribution in [0.5, 0.6) is 0 Å². The molecule has 14 heavy (non-hydrogen) atoms. The number of hydrogen-bond donors (Lipinski definition) is 2. The van der Waals surface area contributed by atoms with Gasteiger partial charge < -0.3 is 11.1 Å². The first kappa shape index (κ1) is 9.29. The number of nitrogens with two attached hydrogens (primary N) is 1. The topological polar surface area (TPSA) is 55.1 Å². The van der Waals surface area contributed by atoms with Crippen molar-refractivity contribution in [2.75, 3.05) is 6.54 Å². The van der Waals surface area contributed by atoms with E-state index in [-0.39, 0.29) is 17.9 Å². The fourth-order valence-corrected chi connectivity index (χ4v) is 2.49. The van der Waals surface area contributed by atoms with Gasteiger partial charge in [-0.25, -0.2) is 0 Å². The average molecular weight is 190 g/mol. The molecule has 1 saturated carbocycles. The molecule has 0 aromatic carbocycles. The lowest BCUT2D eigenvalue weighted by Crippen LogP contribution is -2.44. The van der Waals surface area contributed by atoms with E-state index in [0.717, 1.165) is 6.42 Å². The van der Waals surface area contributed by atoms with Crippen molar-refractivity contribution in [2.45, 2.75) is 12.5 Å². The van der Waals surface area contributed by atoms with E-state index in [1.54, 1.807) is 0 Å².